The summed E-state index contributed by atoms with van der Waals surface area (Å²) < 4.78 is 43.9. The number of aromatic nitrogens is 2. The Balaban J connectivity index is 1.68. The quantitative estimate of drug-likeness (QED) is 0.543. The van der Waals surface area contributed by atoms with E-state index in [1.54, 1.807) is 24.4 Å². The van der Waals surface area contributed by atoms with Gasteiger partial charge in [0.1, 0.15) is 11.5 Å². The minimum absolute atomic E-state index is 0.214. The first-order valence-electron chi connectivity index (χ1n) is 9.96. The molecule has 1 aliphatic rings. The molecule has 1 atom stereocenters. The number of halogens is 1. The predicted molar refractivity (Wildman–Crippen MR) is 115 cm³/mol. The highest BCUT2D eigenvalue weighted by molar-refractivity contribution is 7.91. The fourth-order valence-corrected chi connectivity index (χ4v) is 5.07. The van der Waals surface area contributed by atoms with Gasteiger partial charge in [-0.25, -0.2) is 22.6 Å². The molecule has 1 unspecified atom stereocenters. The maximum absolute atomic E-state index is 13.3. The van der Waals surface area contributed by atoms with E-state index in [4.69, 9.17) is 4.74 Å². The summed E-state index contributed by atoms with van der Waals surface area (Å²) in [5.41, 5.74) is 2.95. The van der Waals surface area contributed by atoms with E-state index in [1.807, 2.05) is 10.8 Å². The van der Waals surface area contributed by atoms with E-state index < -0.39 is 15.8 Å². The van der Waals surface area contributed by atoms with Crippen LogP contribution in [0.25, 0.3) is 10.9 Å². The van der Waals surface area contributed by atoms with Gasteiger partial charge in [0, 0.05) is 37.5 Å². The van der Waals surface area contributed by atoms with Crippen molar-refractivity contribution in [1.82, 2.24) is 14.5 Å². The van der Waals surface area contributed by atoms with Gasteiger partial charge in [-0.1, -0.05) is 12.1 Å². The summed E-state index contributed by atoms with van der Waals surface area (Å²) in [6.07, 6.45) is 5.52. The van der Waals surface area contributed by atoms with Crippen LogP contribution in [-0.2, 0) is 27.7 Å². The van der Waals surface area contributed by atoms with Crippen LogP contribution in [0.1, 0.15) is 28.0 Å². The second-order valence-electron chi connectivity index (χ2n) is 7.96. The minimum atomic E-state index is -3.08. The highest BCUT2D eigenvalue weighted by Crippen LogP contribution is 2.27. The van der Waals surface area contributed by atoms with Gasteiger partial charge < -0.3 is 9.30 Å². The molecule has 0 radical (unpaired) electrons. The second kappa shape index (κ2) is 8.39. The lowest BCUT2D eigenvalue weighted by Gasteiger charge is -2.15. The summed E-state index contributed by atoms with van der Waals surface area (Å²) in [7, 11) is -1.77. The second-order valence-corrected chi connectivity index (χ2v) is 10.3. The Morgan fingerprint density at radius 3 is 2.65 bits per heavy atom. The van der Waals surface area contributed by atoms with Crippen molar-refractivity contribution in [2.45, 2.75) is 24.8 Å². The van der Waals surface area contributed by atoms with E-state index in [-0.39, 0.29) is 16.8 Å². The lowest BCUT2D eigenvalue weighted by Crippen LogP contribution is -2.26. The molecule has 1 saturated heterocycles. The molecule has 4 rings (SSSR count). The van der Waals surface area contributed by atoms with Crippen LogP contribution in [0, 0.1) is 5.82 Å². The van der Waals surface area contributed by atoms with E-state index in [9.17, 15) is 17.6 Å². The number of carbonyl (C=O) groups is 1. The molecular formula is C22H24FN3O4S. The van der Waals surface area contributed by atoms with Gasteiger partial charge >= 0.3 is 5.97 Å². The number of fused-ring (bicyclic) bond motifs is 1. The molecule has 9 heteroatoms. The number of benzene rings is 1. The summed E-state index contributed by atoms with van der Waals surface area (Å²) in [4.78, 5) is 18.3. The van der Waals surface area contributed by atoms with Crippen molar-refractivity contribution in [3.05, 3.63) is 65.4 Å². The van der Waals surface area contributed by atoms with Crippen LogP contribution in [0.3, 0.4) is 0 Å². The van der Waals surface area contributed by atoms with E-state index in [1.165, 1.54) is 25.5 Å². The van der Waals surface area contributed by atoms with E-state index in [0.29, 0.717) is 32.6 Å². The van der Waals surface area contributed by atoms with Crippen LogP contribution >= 0.6 is 0 Å². The summed E-state index contributed by atoms with van der Waals surface area (Å²) in [5, 5.41) is 0.507. The Labute approximate surface area is 180 Å². The molecule has 0 amide bonds. The van der Waals surface area contributed by atoms with Crippen molar-refractivity contribution in [1.29, 1.82) is 0 Å². The molecule has 0 bridgehead atoms. The number of rotatable bonds is 6. The molecule has 0 saturated carbocycles. The smallest absolute Gasteiger partial charge is 0.356 e. The Kier molecular flexibility index (Phi) is 5.81. The van der Waals surface area contributed by atoms with Gasteiger partial charge in [-0.15, -0.1) is 0 Å². The monoisotopic (exact) mass is 445 g/mol. The highest BCUT2D eigenvalue weighted by Gasteiger charge is 2.30. The van der Waals surface area contributed by atoms with Gasteiger partial charge in [0.15, 0.2) is 9.84 Å². The molecule has 31 heavy (non-hydrogen) atoms. The molecule has 164 valence electrons. The first-order valence-corrected chi connectivity index (χ1v) is 11.9. The Morgan fingerprint density at radius 2 is 2.00 bits per heavy atom. The molecular weight excluding hydrogens is 421 g/mol. The van der Waals surface area contributed by atoms with Crippen LogP contribution < -0.4 is 0 Å². The van der Waals surface area contributed by atoms with Gasteiger partial charge in [-0.05, 0) is 42.3 Å². The van der Waals surface area contributed by atoms with Crippen LogP contribution in [0.4, 0.5) is 4.39 Å². The number of likely N-dealkylation sites (tertiary alicyclic amines) is 1. The molecule has 3 heterocycles. The molecule has 0 spiro atoms. The zero-order valence-corrected chi connectivity index (χ0v) is 18.2. The fourth-order valence-electron chi connectivity index (χ4n) is 4.05. The minimum Gasteiger partial charge on any atom is -0.464 e. The highest BCUT2D eigenvalue weighted by atomic mass is 32.2. The largest absolute Gasteiger partial charge is 0.464 e. The average molecular weight is 446 g/mol. The third-order valence-electron chi connectivity index (χ3n) is 5.74. The molecule has 1 fully saturated rings. The number of hydrogen-bond donors (Lipinski definition) is 0. The van der Waals surface area contributed by atoms with Crippen molar-refractivity contribution in [2.75, 3.05) is 26.5 Å². The first-order chi connectivity index (χ1) is 14.7. The molecule has 1 aromatic carbocycles. The van der Waals surface area contributed by atoms with Crippen molar-refractivity contribution in [3.8, 4) is 0 Å². The maximum Gasteiger partial charge on any atom is 0.356 e. The van der Waals surface area contributed by atoms with Crippen LogP contribution in [-0.4, -0.2) is 60.5 Å². The third kappa shape index (κ3) is 4.62. The standard InChI is InChI=1S/C22H24FN3O4S/c1-30-22(27)20-9-19-16(12-25-8-7-18(14-25)31(2,28)29)13-26(21(19)10-24-20)11-15-3-5-17(23)6-4-15/h3-6,9-10,13,18H,7-8,11-12,14H2,1-2H3. The van der Waals surface area contributed by atoms with Crippen LogP contribution in [0.5, 0.6) is 0 Å². The fraction of sp³-hybridized carbons (Fsp3) is 0.364. The molecule has 3 aromatic rings. The molecule has 2 aromatic heterocycles. The number of carbonyl (C=O) groups excluding carboxylic acids is 1. The van der Waals surface area contributed by atoms with Crippen LogP contribution in [0.2, 0.25) is 0 Å². The molecule has 1 aliphatic heterocycles. The van der Waals surface area contributed by atoms with Crippen molar-refractivity contribution in [3.63, 3.8) is 0 Å². The number of ether oxygens (including phenoxy) is 1. The van der Waals surface area contributed by atoms with Crippen molar-refractivity contribution in [2.24, 2.45) is 0 Å². The Hall–Kier alpha value is -2.78. The van der Waals surface area contributed by atoms with E-state index in [0.717, 1.165) is 22.0 Å². The topological polar surface area (TPSA) is 81.5 Å². The Bertz CT molecular complexity index is 1220. The number of methoxy groups -OCH3 is 1. The van der Waals surface area contributed by atoms with E-state index in [2.05, 4.69) is 9.88 Å². The van der Waals surface area contributed by atoms with Gasteiger partial charge in [-0.3, -0.25) is 4.90 Å². The molecule has 0 N–H and O–H groups in total. The summed E-state index contributed by atoms with van der Waals surface area (Å²) in [6, 6.07) is 8.01. The maximum atomic E-state index is 13.3. The zero-order chi connectivity index (χ0) is 22.2. The van der Waals surface area contributed by atoms with Gasteiger partial charge in [0.05, 0.1) is 24.1 Å². The van der Waals surface area contributed by atoms with Gasteiger partial charge in [-0.2, -0.15) is 0 Å². The molecule has 0 aliphatic carbocycles. The number of esters is 1. The number of hydrogen-bond acceptors (Lipinski definition) is 6. The van der Waals surface area contributed by atoms with E-state index >= 15 is 0 Å². The first kappa shape index (κ1) is 21.5. The number of sulfone groups is 1. The summed E-state index contributed by atoms with van der Waals surface area (Å²) in [5.74, 6) is -0.807. The number of pyridine rings is 1. The number of nitrogens with zero attached hydrogens (tertiary/aromatic N) is 3. The van der Waals surface area contributed by atoms with Crippen LogP contribution in [0.15, 0.2) is 42.7 Å². The lowest BCUT2D eigenvalue weighted by atomic mass is 10.1. The van der Waals surface area contributed by atoms with Crippen molar-refractivity contribution < 1.29 is 22.3 Å². The zero-order valence-electron chi connectivity index (χ0n) is 17.4. The lowest BCUT2D eigenvalue weighted by molar-refractivity contribution is 0.0594. The normalized spacial score (nSPS) is 17.3. The third-order valence-corrected chi connectivity index (χ3v) is 7.34. The molecule has 7 nitrogen and oxygen atoms in total. The SMILES string of the molecule is COC(=O)c1cc2c(CN3CCC(S(C)(=O)=O)C3)cn(Cc3ccc(F)cc3)c2cn1. The van der Waals surface area contributed by atoms with Gasteiger partial charge in [0.2, 0.25) is 0 Å². The Morgan fingerprint density at radius 1 is 1.26 bits per heavy atom. The average Bonchev–Trinajstić information content (AvgIpc) is 3.34. The van der Waals surface area contributed by atoms with Crippen molar-refractivity contribution >= 4 is 26.7 Å². The van der Waals surface area contributed by atoms with Gasteiger partial charge in [0.25, 0.3) is 0 Å². The predicted octanol–water partition coefficient (Wildman–Crippen LogP) is 2.63. The summed E-state index contributed by atoms with van der Waals surface area (Å²) >= 11 is 0. The summed E-state index contributed by atoms with van der Waals surface area (Å²) in [6.45, 7) is 2.25.